The fourth-order valence-electron chi connectivity index (χ4n) is 6.45. The monoisotopic (exact) mass is 593 g/mol. The summed E-state index contributed by atoms with van der Waals surface area (Å²) in [5.41, 5.74) is 8.18. The summed E-state index contributed by atoms with van der Waals surface area (Å²) in [6.07, 6.45) is 5.27. The molecule has 0 aliphatic heterocycles. The smallest absolute Gasteiger partial charge is 0.0326 e. The molecule has 5 rings (SSSR count). The SMILES string of the molecule is Cc1ccc(P(c2ccc(C)c(C)c2)N(C2CCCCC2C(C)C)P(c2ccc(C)cc2)c2ccc(C)c(C)c2)cc1. The Kier molecular flexibility index (Phi) is 10.0. The number of hydrogen-bond acceptors (Lipinski definition) is 1. The number of benzene rings is 4. The third-order valence-electron chi connectivity index (χ3n) is 9.37. The third-order valence-corrected chi connectivity index (χ3v) is 15.0. The Morgan fingerprint density at radius 2 is 0.929 bits per heavy atom. The molecule has 0 heterocycles. The van der Waals surface area contributed by atoms with Crippen LogP contribution < -0.4 is 21.2 Å². The fourth-order valence-corrected chi connectivity index (χ4v) is 13.0. The van der Waals surface area contributed by atoms with Gasteiger partial charge < -0.3 is 0 Å². The molecule has 42 heavy (non-hydrogen) atoms. The number of aryl methyl sites for hydroxylation is 6. The fraction of sp³-hybridized carbons (Fsp3) is 0.385. The van der Waals surface area contributed by atoms with Crippen LogP contribution in [0.25, 0.3) is 0 Å². The van der Waals surface area contributed by atoms with Crippen molar-refractivity contribution in [1.82, 2.24) is 4.44 Å². The van der Waals surface area contributed by atoms with E-state index in [9.17, 15) is 0 Å². The van der Waals surface area contributed by atoms with Gasteiger partial charge in [-0.3, -0.25) is 0 Å². The summed E-state index contributed by atoms with van der Waals surface area (Å²) >= 11 is 0. The van der Waals surface area contributed by atoms with Gasteiger partial charge in [0.1, 0.15) is 0 Å². The molecule has 0 N–H and O–H groups in total. The molecule has 1 fully saturated rings. The first-order valence-corrected chi connectivity index (χ1v) is 18.4. The molecular weight excluding hydrogens is 544 g/mol. The minimum absolute atomic E-state index is 0.529. The van der Waals surface area contributed by atoms with Gasteiger partial charge in [-0.05, 0) is 122 Å². The minimum atomic E-state index is -0.779. The molecule has 4 aromatic rings. The summed E-state index contributed by atoms with van der Waals surface area (Å²) in [6, 6.07) is 34.2. The van der Waals surface area contributed by atoms with E-state index in [-0.39, 0.29) is 0 Å². The largest absolute Gasteiger partial charge is 0.241 e. The molecule has 0 aromatic heterocycles. The van der Waals surface area contributed by atoms with Gasteiger partial charge in [-0.25, -0.2) is 4.44 Å². The molecule has 0 amide bonds. The molecule has 1 saturated carbocycles. The molecule has 3 heteroatoms. The van der Waals surface area contributed by atoms with Crippen molar-refractivity contribution >= 4 is 37.4 Å². The van der Waals surface area contributed by atoms with Crippen molar-refractivity contribution in [3.8, 4) is 0 Å². The standard InChI is InChI=1S/C39H49NP2/c1-27(2)38-11-9-10-12-39(38)40(41(34-19-13-28(3)14-20-34)36-23-17-30(5)32(7)25-36)42(35-21-15-29(4)16-22-35)37-24-18-31(6)33(8)26-37/h13-27,38-39H,9-12H2,1-8H3. The van der Waals surface area contributed by atoms with Gasteiger partial charge in [0.2, 0.25) is 0 Å². The summed E-state index contributed by atoms with van der Waals surface area (Å²) in [6.45, 7) is 18.4. The van der Waals surface area contributed by atoms with Crippen LogP contribution in [-0.4, -0.2) is 10.5 Å². The molecular formula is C39H49NP2. The molecule has 4 aromatic carbocycles. The van der Waals surface area contributed by atoms with Gasteiger partial charge >= 0.3 is 0 Å². The minimum Gasteiger partial charge on any atom is -0.241 e. The van der Waals surface area contributed by atoms with Crippen molar-refractivity contribution in [3.63, 3.8) is 0 Å². The van der Waals surface area contributed by atoms with Crippen LogP contribution in [0.5, 0.6) is 0 Å². The normalized spacial score (nSPS) is 18.8. The van der Waals surface area contributed by atoms with E-state index < -0.39 is 16.1 Å². The van der Waals surface area contributed by atoms with Crippen LogP contribution >= 0.6 is 16.1 Å². The molecule has 4 atom stereocenters. The Morgan fingerprint density at radius 3 is 1.33 bits per heavy atom. The van der Waals surface area contributed by atoms with E-state index in [2.05, 4.69) is 145 Å². The zero-order valence-electron chi connectivity index (χ0n) is 27.0. The lowest BCUT2D eigenvalue weighted by molar-refractivity contribution is 0.191. The Labute approximate surface area is 258 Å². The lowest BCUT2D eigenvalue weighted by atomic mass is 9.78. The van der Waals surface area contributed by atoms with E-state index in [1.807, 2.05) is 0 Å². The first-order valence-electron chi connectivity index (χ1n) is 15.8. The van der Waals surface area contributed by atoms with Crippen molar-refractivity contribution < 1.29 is 0 Å². The Balaban J connectivity index is 1.83. The zero-order valence-corrected chi connectivity index (χ0v) is 28.8. The summed E-state index contributed by atoms with van der Waals surface area (Å²) in [7, 11) is -1.56. The first-order chi connectivity index (χ1) is 20.1. The zero-order chi connectivity index (χ0) is 30.0. The number of nitrogens with zero attached hydrogens (tertiary/aromatic N) is 1. The van der Waals surface area contributed by atoms with Crippen molar-refractivity contribution in [3.05, 3.63) is 118 Å². The van der Waals surface area contributed by atoms with E-state index in [1.165, 1.54) is 80.3 Å². The second-order valence-electron chi connectivity index (χ2n) is 12.9. The second kappa shape index (κ2) is 13.6. The molecule has 0 spiro atoms. The average molecular weight is 594 g/mol. The molecule has 0 bridgehead atoms. The van der Waals surface area contributed by atoms with Crippen LogP contribution in [0.15, 0.2) is 84.9 Å². The van der Waals surface area contributed by atoms with Gasteiger partial charge in [-0.15, -0.1) is 0 Å². The number of hydrogen-bond donors (Lipinski definition) is 0. The van der Waals surface area contributed by atoms with E-state index in [0.29, 0.717) is 17.9 Å². The van der Waals surface area contributed by atoms with Gasteiger partial charge in [-0.1, -0.05) is 111 Å². The maximum atomic E-state index is 3.10. The van der Waals surface area contributed by atoms with Gasteiger partial charge in [0.25, 0.3) is 0 Å². The van der Waals surface area contributed by atoms with Gasteiger partial charge in [0.15, 0.2) is 0 Å². The maximum Gasteiger partial charge on any atom is 0.0326 e. The molecule has 0 saturated heterocycles. The van der Waals surface area contributed by atoms with Gasteiger partial charge in [-0.2, -0.15) is 0 Å². The van der Waals surface area contributed by atoms with Crippen LogP contribution in [0.2, 0.25) is 0 Å². The van der Waals surface area contributed by atoms with Crippen molar-refractivity contribution in [1.29, 1.82) is 0 Å². The van der Waals surface area contributed by atoms with Crippen LogP contribution in [0, 0.1) is 53.4 Å². The molecule has 4 unspecified atom stereocenters. The van der Waals surface area contributed by atoms with Crippen LogP contribution in [-0.2, 0) is 0 Å². The molecule has 1 aliphatic carbocycles. The van der Waals surface area contributed by atoms with E-state index in [1.54, 1.807) is 0 Å². The Bertz CT molecular complexity index is 1390. The van der Waals surface area contributed by atoms with Crippen molar-refractivity contribution in [2.24, 2.45) is 11.8 Å². The van der Waals surface area contributed by atoms with Gasteiger partial charge in [0, 0.05) is 22.2 Å². The highest BCUT2D eigenvalue weighted by Gasteiger charge is 2.42. The highest BCUT2D eigenvalue weighted by molar-refractivity contribution is 7.84. The predicted octanol–water partition coefficient (Wildman–Crippen LogP) is 9.45. The average Bonchev–Trinajstić information content (AvgIpc) is 2.98. The predicted molar refractivity (Wildman–Crippen MR) is 189 cm³/mol. The number of rotatable bonds is 8. The first kappa shape index (κ1) is 31.1. The molecule has 220 valence electrons. The van der Waals surface area contributed by atoms with Crippen molar-refractivity contribution in [2.75, 3.05) is 0 Å². The Morgan fingerprint density at radius 1 is 0.524 bits per heavy atom. The summed E-state index contributed by atoms with van der Waals surface area (Å²) < 4.78 is 3.10. The maximum absolute atomic E-state index is 3.10. The molecule has 1 aliphatic rings. The topological polar surface area (TPSA) is 3.24 Å². The molecule has 1 nitrogen and oxygen atoms in total. The summed E-state index contributed by atoms with van der Waals surface area (Å²) in [5, 5.41) is 5.90. The van der Waals surface area contributed by atoms with Gasteiger partial charge in [0.05, 0.1) is 0 Å². The summed E-state index contributed by atoms with van der Waals surface area (Å²) in [4.78, 5) is 0. The van der Waals surface area contributed by atoms with Crippen LogP contribution in [0.4, 0.5) is 0 Å². The second-order valence-corrected chi connectivity index (χ2v) is 17.4. The lowest BCUT2D eigenvalue weighted by Crippen LogP contribution is -2.45. The van der Waals surface area contributed by atoms with Crippen LogP contribution in [0.3, 0.4) is 0 Å². The van der Waals surface area contributed by atoms with Crippen LogP contribution in [0.1, 0.15) is 72.9 Å². The Hall–Kier alpha value is -2.30. The summed E-state index contributed by atoms with van der Waals surface area (Å²) in [5.74, 6) is 1.34. The highest BCUT2D eigenvalue weighted by Crippen LogP contribution is 2.59. The quantitative estimate of drug-likeness (QED) is 0.184. The van der Waals surface area contributed by atoms with E-state index in [0.717, 1.165) is 0 Å². The van der Waals surface area contributed by atoms with E-state index >= 15 is 0 Å². The molecule has 0 radical (unpaired) electrons. The van der Waals surface area contributed by atoms with Crippen molar-refractivity contribution in [2.45, 2.75) is 87.1 Å². The third kappa shape index (κ3) is 6.76. The highest BCUT2D eigenvalue weighted by atomic mass is 31.2. The lowest BCUT2D eigenvalue weighted by Gasteiger charge is -2.49. The van der Waals surface area contributed by atoms with E-state index in [4.69, 9.17) is 0 Å².